The van der Waals surface area contributed by atoms with Crippen LogP contribution in [0.1, 0.15) is 18.1 Å². The third-order valence-corrected chi connectivity index (χ3v) is 4.08. The number of nitrogens with zero attached hydrogens (tertiary/aromatic N) is 1. The maximum absolute atomic E-state index is 12.2. The summed E-state index contributed by atoms with van der Waals surface area (Å²) in [6, 6.07) is 9.02. The molecule has 0 spiro atoms. The molecule has 0 aromatic heterocycles. The lowest BCUT2D eigenvalue weighted by atomic mass is 10.1. The highest BCUT2D eigenvalue weighted by molar-refractivity contribution is 14.0. The number of methoxy groups -OCH3 is 1. The van der Waals surface area contributed by atoms with Crippen molar-refractivity contribution in [2.24, 2.45) is 10.7 Å². The van der Waals surface area contributed by atoms with Gasteiger partial charge in [-0.1, -0.05) is 0 Å². The Morgan fingerprint density at radius 2 is 1.97 bits per heavy atom. The SMILES string of the molecule is COc1cc2c(cc1CN=C(N)Nc1ccc(OC(F)(F)F)cc1)OC(C)C2.I. The number of guanidine groups is 1. The number of halogens is 4. The highest BCUT2D eigenvalue weighted by Gasteiger charge is 2.31. The quantitative estimate of drug-likeness (QED) is 0.344. The third kappa shape index (κ3) is 6.31. The number of ether oxygens (including phenoxy) is 3. The summed E-state index contributed by atoms with van der Waals surface area (Å²) in [6.07, 6.45) is -3.78. The molecule has 3 rings (SSSR count). The van der Waals surface area contributed by atoms with Crippen LogP contribution in [0.2, 0.25) is 0 Å². The molecule has 1 unspecified atom stereocenters. The minimum atomic E-state index is -4.73. The molecule has 1 heterocycles. The first-order valence-electron chi connectivity index (χ1n) is 8.52. The summed E-state index contributed by atoms with van der Waals surface area (Å²) in [5.74, 6) is 1.30. The van der Waals surface area contributed by atoms with Crippen LogP contribution in [0.25, 0.3) is 0 Å². The van der Waals surface area contributed by atoms with Gasteiger partial charge in [-0.05, 0) is 43.3 Å². The topological polar surface area (TPSA) is 78.1 Å². The van der Waals surface area contributed by atoms with Crippen LogP contribution in [0.3, 0.4) is 0 Å². The van der Waals surface area contributed by atoms with E-state index in [0.717, 1.165) is 23.3 Å². The first-order chi connectivity index (χ1) is 13.2. The van der Waals surface area contributed by atoms with Gasteiger partial charge in [0.15, 0.2) is 5.96 Å². The second-order valence-electron chi connectivity index (χ2n) is 6.30. The normalized spacial score (nSPS) is 15.8. The van der Waals surface area contributed by atoms with E-state index in [9.17, 15) is 13.2 Å². The highest BCUT2D eigenvalue weighted by Crippen LogP contribution is 2.35. The van der Waals surface area contributed by atoms with Gasteiger partial charge in [0.25, 0.3) is 0 Å². The van der Waals surface area contributed by atoms with E-state index in [0.29, 0.717) is 11.4 Å². The Morgan fingerprint density at radius 3 is 2.59 bits per heavy atom. The van der Waals surface area contributed by atoms with E-state index in [4.69, 9.17) is 15.2 Å². The Bertz CT molecular complexity index is 873. The second-order valence-corrected chi connectivity index (χ2v) is 6.30. The van der Waals surface area contributed by atoms with E-state index in [-0.39, 0.29) is 48.3 Å². The molecule has 0 fully saturated rings. The Morgan fingerprint density at radius 1 is 1.28 bits per heavy atom. The van der Waals surface area contributed by atoms with Gasteiger partial charge in [0.1, 0.15) is 23.4 Å². The molecule has 0 aliphatic carbocycles. The lowest BCUT2D eigenvalue weighted by molar-refractivity contribution is -0.274. The van der Waals surface area contributed by atoms with Crippen LogP contribution in [-0.4, -0.2) is 25.5 Å². The number of hydrogen-bond acceptors (Lipinski definition) is 4. The molecule has 1 atom stereocenters. The van der Waals surface area contributed by atoms with Crippen LogP contribution < -0.4 is 25.3 Å². The smallest absolute Gasteiger partial charge is 0.496 e. The van der Waals surface area contributed by atoms with Crippen LogP contribution in [0.5, 0.6) is 17.2 Å². The number of nitrogens with two attached hydrogens (primary N) is 1. The highest BCUT2D eigenvalue weighted by atomic mass is 127. The van der Waals surface area contributed by atoms with E-state index in [1.807, 2.05) is 19.1 Å². The summed E-state index contributed by atoms with van der Waals surface area (Å²) in [6.45, 7) is 2.25. The number of anilines is 1. The zero-order valence-corrected chi connectivity index (χ0v) is 18.1. The zero-order chi connectivity index (χ0) is 20.3. The van der Waals surface area contributed by atoms with Crippen molar-refractivity contribution in [1.82, 2.24) is 0 Å². The first-order valence-corrected chi connectivity index (χ1v) is 8.52. The fourth-order valence-electron chi connectivity index (χ4n) is 2.89. The number of hydrogen-bond donors (Lipinski definition) is 2. The molecule has 0 radical (unpaired) electrons. The van der Waals surface area contributed by atoms with Crippen molar-refractivity contribution < 1.29 is 27.4 Å². The van der Waals surface area contributed by atoms with Gasteiger partial charge >= 0.3 is 6.36 Å². The Balaban J connectivity index is 0.00000300. The molecule has 3 N–H and O–H groups in total. The largest absolute Gasteiger partial charge is 0.573 e. The maximum Gasteiger partial charge on any atom is 0.573 e. The number of alkyl halides is 3. The van der Waals surface area contributed by atoms with Gasteiger partial charge in [-0.15, -0.1) is 37.1 Å². The van der Waals surface area contributed by atoms with Gasteiger partial charge in [-0.3, -0.25) is 0 Å². The summed E-state index contributed by atoms with van der Waals surface area (Å²) in [5, 5.41) is 2.82. The lowest BCUT2D eigenvalue weighted by Gasteiger charge is -2.11. The molecule has 1 aliphatic heterocycles. The molecule has 0 saturated heterocycles. The lowest BCUT2D eigenvalue weighted by Crippen LogP contribution is -2.22. The molecule has 10 heteroatoms. The molecule has 29 heavy (non-hydrogen) atoms. The minimum absolute atomic E-state index is 0. The third-order valence-electron chi connectivity index (χ3n) is 4.08. The second kappa shape index (κ2) is 9.42. The molecular weight excluding hydrogens is 502 g/mol. The van der Waals surface area contributed by atoms with Crippen molar-refractivity contribution in [2.75, 3.05) is 12.4 Å². The van der Waals surface area contributed by atoms with Crippen LogP contribution in [0.4, 0.5) is 18.9 Å². The van der Waals surface area contributed by atoms with Gasteiger partial charge < -0.3 is 25.3 Å². The summed E-state index contributed by atoms with van der Waals surface area (Å²) in [5.41, 5.74) is 8.26. The van der Waals surface area contributed by atoms with Crippen molar-refractivity contribution in [2.45, 2.75) is 32.4 Å². The van der Waals surface area contributed by atoms with Crippen molar-refractivity contribution in [3.63, 3.8) is 0 Å². The number of nitrogens with one attached hydrogen (secondary N) is 1. The maximum atomic E-state index is 12.2. The number of fused-ring (bicyclic) bond motifs is 1. The average Bonchev–Trinajstić information content (AvgIpc) is 2.98. The molecule has 0 bridgehead atoms. The number of benzene rings is 2. The van der Waals surface area contributed by atoms with Crippen LogP contribution in [-0.2, 0) is 13.0 Å². The van der Waals surface area contributed by atoms with Gasteiger partial charge in [0, 0.05) is 23.2 Å². The Kier molecular flexibility index (Phi) is 7.44. The Hall–Kier alpha value is -2.37. The molecule has 158 valence electrons. The molecule has 0 saturated carbocycles. The summed E-state index contributed by atoms with van der Waals surface area (Å²) in [4.78, 5) is 4.26. The monoisotopic (exact) mass is 523 g/mol. The van der Waals surface area contributed by atoms with Crippen molar-refractivity contribution in [1.29, 1.82) is 0 Å². The van der Waals surface area contributed by atoms with E-state index < -0.39 is 6.36 Å². The Labute approximate surface area is 183 Å². The van der Waals surface area contributed by atoms with Crippen LogP contribution in [0.15, 0.2) is 41.4 Å². The van der Waals surface area contributed by atoms with Gasteiger partial charge in [0.05, 0.1) is 13.7 Å². The van der Waals surface area contributed by atoms with Crippen molar-refractivity contribution in [3.8, 4) is 17.2 Å². The average molecular weight is 523 g/mol. The minimum Gasteiger partial charge on any atom is -0.496 e. The van der Waals surface area contributed by atoms with Gasteiger partial charge in [0.2, 0.25) is 0 Å². The standard InChI is InChI=1S/C19H20F3N3O3.HI/c1-11-7-12-8-16(26-2)13(9-17(12)27-11)10-24-18(23)25-14-3-5-15(6-4-14)28-19(20,21)22;/h3-6,8-9,11H,7,10H2,1-2H3,(H3,23,24,25);1H. The number of aliphatic imine (C=N–C) groups is 1. The van der Waals surface area contributed by atoms with E-state index in [1.54, 1.807) is 7.11 Å². The molecule has 2 aromatic rings. The molecule has 6 nitrogen and oxygen atoms in total. The predicted molar refractivity (Wildman–Crippen MR) is 114 cm³/mol. The molecule has 2 aromatic carbocycles. The fourth-order valence-corrected chi connectivity index (χ4v) is 2.89. The fraction of sp³-hybridized carbons (Fsp3) is 0.316. The van der Waals surface area contributed by atoms with E-state index in [2.05, 4.69) is 15.0 Å². The number of rotatable bonds is 5. The van der Waals surface area contributed by atoms with Crippen LogP contribution >= 0.6 is 24.0 Å². The van der Waals surface area contributed by atoms with Gasteiger partial charge in [-0.2, -0.15) is 0 Å². The van der Waals surface area contributed by atoms with E-state index in [1.165, 1.54) is 24.3 Å². The molecule has 0 amide bonds. The van der Waals surface area contributed by atoms with Crippen molar-refractivity contribution in [3.05, 3.63) is 47.5 Å². The summed E-state index contributed by atoms with van der Waals surface area (Å²) in [7, 11) is 1.58. The van der Waals surface area contributed by atoms with E-state index >= 15 is 0 Å². The molecular formula is C19H21F3IN3O3. The van der Waals surface area contributed by atoms with Crippen molar-refractivity contribution >= 4 is 35.6 Å². The summed E-state index contributed by atoms with van der Waals surface area (Å²) >= 11 is 0. The zero-order valence-electron chi connectivity index (χ0n) is 15.7. The first kappa shape index (κ1) is 22.9. The van der Waals surface area contributed by atoms with Crippen LogP contribution in [0, 0.1) is 0 Å². The van der Waals surface area contributed by atoms with Gasteiger partial charge in [-0.25, -0.2) is 4.99 Å². The molecule has 1 aliphatic rings. The summed E-state index contributed by atoms with van der Waals surface area (Å²) < 4.78 is 51.5. The predicted octanol–water partition coefficient (Wildman–Crippen LogP) is 4.46.